The Balaban J connectivity index is 1.87. The number of carbonyl (C=O) groups is 2. The first-order valence-corrected chi connectivity index (χ1v) is 12.8. The summed E-state index contributed by atoms with van der Waals surface area (Å²) in [6.07, 6.45) is 1.06. The third kappa shape index (κ3) is 4.91. The Kier molecular flexibility index (Phi) is 7.27. The van der Waals surface area contributed by atoms with Crippen LogP contribution in [0.1, 0.15) is 52.0 Å². The fourth-order valence-electron chi connectivity index (χ4n) is 5.23. The van der Waals surface area contributed by atoms with Gasteiger partial charge in [0.15, 0.2) is 11.5 Å². The van der Waals surface area contributed by atoms with E-state index in [1.54, 1.807) is 38.3 Å². The van der Waals surface area contributed by atoms with Gasteiger partial charge in [-0.3, -0.25) is 14.6 Å². The van der Waals surface area contributed by atoms with Crippen LogP contribution in [0.4, 0.5) is 5.69 Å². The van der Waals surface area contributed by atoms with Gasteiger partial charge in [0, 0.05) is 29.3 Å². The molecule has 1 fully saturated rings. The molecule has 0 radical (unpaired) electrons. The maximum Gasteiger partial charge on any atom is 0.254 e. The van der Waals surface area contributed by atoms with Crippen molar-refractivity contribution in [3.05, 3.63) is 57.7 Å². The number of phenols is 1. The van der Waals surface area contributed by atoms with Gasteiger partial charge in [-0.25, -0.2) is 0 Å². The SMILES string of the molecule is CCOc1cc([C@@H]2C(C(=O)Nc3ccccc3OC)=C(C)N=C3CC(C)(C)CC(=O)C32)cc(Br)c1O. The number of amides is 1. The number of nitrogens with one attached hydrogen (secondary N) is 1. The molecule has 0 bridgehead atoms. The van der Waals surface area contributed by atoms with Gasteiger partial charge in [0.1, 0.15) is 11.5 Å². The van der Waals surface area contributed by atoms with Crippen LogP contribution in [-0.2, 0) is 9.59 Å². The zero-order chi connectivity index (χ0) is 26.2. The van der Waals surface area contributed by atoms with E-state index in [1.165, 1.54) is 0 Å². The average molecular weight is 555 g/mol. The van der Waals surface area contributed by atoms with Crippen LogP contribution in [0, 0.1) is 11.3 Å². The molecule has 1 aliphatic heterocycles. The highest BCUT2D eigenvalue weighted by molar-refractivity contribution is 9.10. The molecule has 2 N–H and O–H groups in total. The third-order valence-electron chi connectivity index (χ3n) is 6.67. The minimum Gasteiger partial charge on any atom is -0.503 e. The quantitative estimate of drug-likeness (QED) is 0.455. The second kappa shape index (κ2) is 10.1. The zero-order valence-corrected chi connectivity index (χ0v) is 22.7. The van der Waals surface area contributed by atoms with Crippen LogP contribution >= 0.6 is 15.9 Å². The summed E-state index contributed by atoms with van der Waals surface area (Å²) in [7, 11) is 1.54. The van der Waals surface area contributed by atoms with E-state index in [0.717, 1.165) is 5.71 Å². The maximum atomic E-state index is 13.8. The van der Waals surface area contributed by atoms with Crippen molar-refractivity contribution in [3.8, 4) is 17.2 Å². The molecule has 190 valence electrons. The number of allylic oxidation sites excluding steroid dienone is 1. The zero-order valence-electron chi connectivity index (χ0n) is 21.1. The molecule has 1 amide bonds. The fraction of sp³-hybridized carbons (Fsp3) is 0.393. The second-order valence-electron chi connectivity index (χ2n) is 9.98. The van der Waals surface area contributed by atoms with Crippen molar-refractivity contribution in [2.45, 2.75) is 46.5 Å². The Morgan fingerprint density at radius 2 is 1.92 bits per heavy atom. The van der Waals surface area contributed by atoms with E-state index in [1.807, 2.05) is 19.1 Å². The number of rotatable bonds is 6. The number of nitrogens with zero attached hydrogens (tertiary/aromatic N) is 1. The number of para-hydroxylation sites is 2. The molecule has 2 aromatic rings. The van der Waals surface area contributed by atoms with Crippen LogP contribution in [0.25, 0.3) is 0 Å². The van der Waals surface area contributed by atoms with Gasteiger partial charge in [-0.05, 0) is 71.4 Å². The number of hydrogen-bond donors (Lipinski definition) is 2. The number of phenolic OH excluding ortho intramolecular Hbond substituents is 1. The number of Topliss-reactive ketones (excluding diaryl/α,β-unsaturated/α-hetero) is 1. The Hall–Kier alpha value is -3.13. The van der Waals surface area contributed by atoms with Gasteiger partial charge < -0.3 is 19.9 Å². The number of anilines is 1. The van der Waals surface area contributed by atoms with E-state index in [9.17, 15) is 14.7 Å². The summed E-state index contributed by atoms with van der Waals surface area (Å²) in [5, 5.41) is 13.5. The normalized spacial score (nSPS) is 20.9. The summed E-state index contributed by atoms with van der Waals surface area (Å²) in [6.45, 7) is 8.11. The van der Waals surface area contributed by atoms with E-state index >= 15 is 0 Å². The number of benzene rings is 2. The van der Waals surface area contributed by atoms with E-state index in [-0.39, 0.29) is 28.6 Å². The molecule has 0 spiro atoms. The molecule has 0 saturated heterocycles. The summed E-state index contributed by atoms with van der Waals surface area (Å²) in [5.41, 5.74) is 2.76. The average Bonchev–Trinajstić information content (AvgIpc) is 2.80. The molecule has 2 aromatic carbocycles. The van der Waals surface area contributed by atoms with E-state index in [0.29, 0.717) is 52.2 Å². The first-order chi connectivity index (χ1) is 17.1. The van der Waals surface area contributed by atoms with Gasteiger partial charge in [-0.2, -0.15) is 0 Å². The predicted octanol–water partition coefficient (Wildman–Crippen LogP) is 6.02. The van der Waals surface area contributed by atoms with Crippen molar-refractivity contribution >= 4 is 39.0 Å². The molecular weight excluding hydrogens is 524 g/mol. The summed E-state index contributed by atoms with van der Waals surface area (Å²) < 4.78 is 11.5. The van der Waals surface area contributed by atoms with Gasteiger partial charge in [0.05, 0.1) is 29.8 Å². The number of methoxy groups -OCH3 is 1. The van der Waals surface area contributed by atoms with Crippen LogP contribution in [0.2, 0.25) is 0 Å². The number of aliphatic imine (C=N–C) groups is 1. The topological polar surface area (TPSA) is 97.2 Å². The molecular formula is C28H31BrN2O5. The Morgan fingerprint density at radius 1 is 1.19 bits per heavy atom. The van der Waals surface area contributed by atoms with Crippen molar-refractivity contribution in [2.24, 2.45) is 16.3 Å². The van der Waals surface area contributed by atoms with E-state index in [4.69, 9.17) is 14.5 Å². The van der Waals surface area contributed by atoms with Crippen molar-refractivity contribution in [1.82, 2.24) is 0 Å². The van der Waals surface area contributed by atoms with Gasteiger partial charge in [-0.1, -0.05) is 26.0 Å². The van der Waals surface area contributed by atoms with E-state index in [2.05, 4.69) is 35.1 Å². The highest BCUT2D eigenvalue weighted by Gasteiger charge is 2.47. The molecule has 36 heavy (non-hydrogen) atoms. The number of ether oxygens (including phenoxy) is 2. The third-order valence-corrected chi connectivity index (χ3v) is 7.28. The first kappa shape index (κ1) is 25.9. The van der Waals surface area contributed by atoms with Crippen LogP contribution in [0.3, 0.4) is 0 Å². The lowest BCUT2D eigenvalue weighted by Crippen LogP contribution is -2.44. The summed E-state index contributed by atoms with van der Waals surface area (Å²) >= 11 is 3.42. The van der Waals surface area contributed by atoms with Crippen LogP contribution < -0.4 is 14.8 Å². The molecule has 1 saturated carbocycles. The van der Waals surface area contributed by atoms with Gasteiger partial charge in [0.2, 0.25) is 0 Å². The van der Waals surface area contributed by atoms with Gasteiger partial charge in [-0.15, -0.1) is 0 Å². The maximum absolute atomic E-state index is 13.8. The number of fused-ring (bicyclic) bond motifs is 1. The largest absolute Gasteiger partial charge is 0.503 e. The van der Waals surface area contributed by atoms with Gasteiger partial charge in [0.25, 0.3) is 5.91 Å². The van der Waals surface area contributed by atoms with Crippen LogP contribution in [0.15, 0.2) is 57.1 Å². The lowest BCUT2D eigenvalue weighted by Gasteiger charge is -2.41. The highest BCUT2D eigenvalue weighted by atomic mass is 79.9. The highest BCUT2D eigenvalue weighted by Crippen LogP contribution is 2.49. The molecule has 1 heterocycles. The van der Waals surface area contributed by atoms with Gasteiger partial charge >= 0.3 is 0 Å². The van der Waals surface area contributed by atoms with E-state index < -0.39 is 11.8 Å². The van der Waals surface area contributed by atoms with Crippen molar-refractivity contribution in [3.63, 3.8) is 0 Å². The van der Waals surface area contributed by atoms with Crippen molar-refractivity contribution < 1.29 is 24.2 Å². The summed E-state index contributed by atoms with van der Waals surface area (Å²) in [4.78, 5) is 32.2. The molecule has 8 heteroatoms. The molecule has 0 aromatic heterocycles. The number of ketones is 1. The molecule has 1 unspecified atom stereocenters. The first-order valence-electron chi connectivity index (χ1n) is 12.0. The van der Waals surface area contributed by atoms with Crippen LogP contribution in [0.5, 0.6) is 17.2 Å². The number of halogens is 1. The lowest BCUT2D eigenvalue weighted by molar-refractivity contribution is -0.124. The van der Waals surface area contributed by atoms with Crippen molar-refractivity contribution in [2.75, 3.05) is 19.0 Å². The fourth-order valence-corrected chi connectivity index (χ4v) is 5.69. The predicted molar refractivity (Wildman–Crippen MR) is 143 cm³/mol. The monoisotopic (exact) mass is 554 g/mol. The van der Waals surface area contributed by atoms with Crippen LogP contribution in [-0.4, -0.2) is 36.2 Å². The minimum absolute atomic E-state index is 0.0258. The second-order valence-corrected chi connectivity index (χ2v) is 10.8. The molecule has 2 aliphatic rings. The molecule has 4 rings (SSSR count). The molecule has 1 aliphatic carbocycles. The summed E-state index contributed by atoms with van der Waals surface area (Å²) in [5.74, 6) is -0.684. The minimum atomic E-state index is -0.591. The lowest BCUT2D eigenvalue weighted by atomic mass is 9.63. The summed E-state index contributed by atoms with van der Waals surface area (Å²) in [6, 6.07) is 10.6. The molecule has 7 nitrogen and oxygen atoms in total. The Bertz CT molecular complexity index is 1280. The van der Waals surface area contributed by atoms with Crippen molar-refractivity contribution in [1.29, 1.82) is 0 Å². The number of aromatic hydroxyl groups is 1. The molecule has 2 atom stereocenters. The number of hydrogen-bond acceptors (Lipinski definition) is 6. The number of carbonyl (C=O) groups excluding carboxylic acids is 2. The smallest absolute Gasteiger partial charge is 0.254 e. The Labute approximate surface area is 219 Å². The Morgan fingerprint density at radius 3 is 2.61 bits per heavy atom. The standard InChI is InChI=1S/C28H31BrN2O5/c1-6-36-22-12-16(11-17(29)26(22)33)24-23(27(34)31-18-9-7-8-10-21(18)35-5)15(2)30-19-13-28(3,4)14-20(32)25(19)24/h7-12,24-25,33H,6,13-14H2,1-5H3,(H,31,34)/t24-,25?/m1/s1.